The molecular weight excluding hydrogens is 350 g/mol. The molecule has 0 bridgehead atoms. The predicted molar refractivity (Wildman–Crippen MR) is 112 cm³/mol. The zero-order chi connectivity index (χ0) is 20.1. The number of para-hydroxylation sites is 3. The molecule has 2 N–H and O–H groups in total. The summed E-state index contributed by atoms with van der Waals surface area (Å²) < 4.78 is 5.85. The number of amides is 1. The van der Waals surface area contributed by atoms with Gasteiger partial charge < -0.3 is 15.0 Å². The molecule has 0 aliphatic heterocycles. The maximum absolute atomic E-state index is 12.6. The summed E-state index contributed by atoms with van der Waals surface area (Å²) in [5.74, 6) is 1.97. The Morgan fingerprint density at radius 1 is 1.11 bits per heavy atom. The summed E-state index contributed by atoms with van der Waals surface area (Å²) in [6, 6.07) is 15.6. The van der Waals surface area contributed by atoms with Crippen molar-refractivity contribution in [1.29, 1.82) is 0 Å². The van der Waals surface area contributed by atoms with Crippen molar-refractivity contribution in [3.8, 4) is 5.75 Å². The molecule has 0 aliphatic carbocycles. The van der Waals surface area contributed by atoms with E-state index >= 15 is 0 Å². The molecule has 148 valence electrons. The lowest BCUT2D eigenvalue weighted by atomic mass is 9.98. The number of rotatable bonds is 8. The summed E-state index contributed by atoms with van der Waals surface area (Å²) in [5, 5.41) is 3.07. The molecule has 2 atom stereocenters. The van der Waals surface area contributed by atoms with Gasteiger partial charge in [0.1, 0.15) is 11.6 Å². The van der Waals surface area contributed by atoms with Crippen molar-refractivity contribution < 1.29 is 9.53 Å². The number of nitrogens with one attached hydrogen (secondary N) is 2. The molecule has 0 aliphatic rings. The van der Waals surface area contributed by atoms with Gasteiger partial charge in [0.25, 0.3) is 5.91 Å². The summed E-state index contributed by atoms with van der Waals surface area (Å²) in [7, 11) is 0. The Balaban J connectivity index is 1.69. The number of carbonyl (C=O) groups is 1. The molecule has 0 saturated carbocycles. The first-order valence-corrected chi connectivity index (χ1v) is 9.95. The molecule has 0 saturated heterocycles. The van der Waals surface area contributed by atoms with Gasteiger partial charge in [-0.2, -0.15) is 0 Å². The molecular formula is C23H29N3O2. The van der Waals surface area contributed by atoms with E-state index in [9.17, 15) is 4.79 Å². The normalized spacial score (nSPS) is 13.5. The minimum absolute atomic E-state index is 0.0170. The summed E-state index contributed by atoms with van der Waals surface area (Å²) >= 11 is 0. The molecule has 0 spiro atoms. The Bertz CT molecular complexity index is 899. The number of ether oxygens (including phenoxy) is 1. The summed E-state index contributed by atoms with van der Waals surface area (Å²) in [6.45, 7) is 8.43. The van der Waals surface area contributed by atoms with Crippen LogP contribution in [0.2, 0.25) is 0 Å². The second-order valence-electron chi connectivity index (χ2n) is 7.56. The number of aromatic nitrogens is 2. The number of nitrogens with zero attached hydrogens (tertiary/aromatic N) is 1. The Morgan fingerprint density at radius 2 is 1.82 bits per heavy atom. The van der Waals surface area contributed by atoms with E-state index in [2.05, 4.69) is 49.0 Å². The third kappa shape index (κ3) is 4.53. The van der Waals surface area contributed by atoms with Crippen LogP contribution in [-0.2, 0) is 4.79 Å². The zero-order valence-corrected chi connectivity index (χ0v) is 17.0. The molecule has 1 unspecified atom stereocenters. The highest BCUT2D eigenvalue weighted by atomic mass is 16.5. The number of hydrogen-bond donors (Lipinski definition) is 2. The lowest BCUT2D eigenvalue weighted by Gasteiger charge is -2.21. The Labute approximate surface area is 166 Å². The third-order valence-corrected chi connectivity index (χ3v) is 5.11. The SMILES string of the molecule is CCC(C)c1ccccc1OCC(=O)N[C@H](c1nc2ccccc2[nH]1)C(C)C. The molecule has 0 radical (unpaired) electrons. The topological polar surface area (TPSA) is 67.0 Å². The van der Waals surface area contributed by atoms with E-state index < -0.39 is 0 Å². The maximum atomic E-state index is 12.6. The first-order valence-electron chi connectivity index (χ1n) is 9.95. The molecule has 3 rings (SSSR count). The standard InChI is InChI=1S/C23H29N3O2/c1-5-16(4)17-10-6-9-13-20(17)28-14-21(27)26-22(15(2)3)23-24-18-11-7-8-12-19(18)25-23/h6-13,15-16,22H,5,14H2,1-4H3,(H,24,25)(H,26,27)/t16?,22-/m0/s1. The minimum Gasteiger partial charge on any atom is -0.483 e. The van der Waals surface area contributed by atoms with Gasteiger partial charge in [0.05, 0.1) is 17.1 Å². The van der Waals surface area contributed by atoms with Crippen molar-refractivity contribution in [2.75, 3.05) is 6.61 Å². The van der Waals surface area contributed by atoms with Gasteiger partial charge >= 0.3 is 0 Å². The van der Waals surface area contributed by atoms with Crippen LogP contribution in [0, 0.1) is 5.92 Å². The maximum Gasteiger partial charge on any atom is 0.258 e. The number of H-pyrrole nitrogens is 1. The van der Waals surface area contributed by atoms with Crippen LogP contribution in [0.1, 0.15) is 57.5 Å². The lowest BCUT2D eigenvalue weighted by Crippen LogP contribution is -2.35. The third-order valence-electron chi connectivity index (χ3n) is 5.11. The van der Waals surface area contributed by atoms with Crippen LogP contribution in [0.3, 0.4) is 0 Å². The van der Waals surface area contributed by atoms with Crippen LogP contribution in [0.4, 0.5) is 0 Å². The van der Waals surface area contributed by atoms with Crippen molar-refractivity contribution in [3.63, 3.8) is 0 Å². The van der Waals surface area contributed by atoms with Gasteiger partial charge in [-0.15, -0.1) is 0 Å². The quantitative estimate of drug-likeness (QED) is 0.581. The van der Waals surface area contributed by atoms with E-state index in [0.717, 1.165) is 34.6 Å². The summed E-state index contributed by atoms with van der Waals surface area (Å²) in [6.07, 6.45) is 1.02. The lowest BCUT2D eigenvalue weighted by molar-refractivity contribution is -0.124. The first-order chi connectivity index (χ1) is 13.5. The van der Waals surface area contributed by atoms with E-state index in [1.54, 1.807) is 0 Å². The van der Waals surface area contributed by atoms with Gasteiger partial charge in [0.15, 0.2) is 6.61 Å². The van der Waals surface area contributed by atoms with Crippen molar-refractivity contribution in [2.45, 2.75) is 46.1 Å². The Morgan fingerprint density at radius 3 is 2.54 bits per heavy atom. The average Bonchev–Trinajstić information content (AvgIpc) is 3.13. The molecule has 1 heterocycles. The highest BCUT2D eigenvalue weighted by molar-refractivity contribution is 5.78. The van der Waals surface area contributed by atoms with Crippen LogP contribution in [0.15, 0.2) is 48.5 Å². The number of fused-ring (bicyclic) bond motifs is 1. The van der Waals surface area contributed by atoms with E-state index in [4.69, 9.17) is 4.74 Å². The second kappa shape index (κ2) is 8.91. The summed E-state index contributed by atoms with van der Waals surface area (Å²) in [5.41, 5.74) is 3.00. The molecule has 28 heavy (non-hydrogen) atoms. The van der Waals surface area contributed by atoms with Gasteiger partial charge in [0.2, 0.25) is 0 Å². The van der Waals surface area contributed by atoms with Crippen LogP contribution in [0.5, 0.6) is 5.75 Å². The van der Waals surface area contributed by atoms with Gasteiger partial charge in [-0.25, -0.2) is 4.98 Å². The molecule has 1 amide bonds. The molecule has 2 aromatic carbocycles. The molecule has 1 aromatic heterocycles. The fourth-order valence-electron chi connectivity index (χ4n) is 3.27. The van der Waals surface area contributed by atoms with Crippen molar-refractivity contribution in [2.24, 2.45) is 5.92 Å². The zero-order valence-electron chi connectivity index (χ0n) is 17.0. The first kappa shape index (κ1) is 19.9. The number of hydrogen-bond acceptors (Lipinski definition) is 3. The fourth-order valence-corrected chi connectivity index (χ4v) is 3.27. The number of carbonyl (C=O) groups excluding carboxylic acids is 1. The predicted octanol–water partition coefficient (Wildman–Crippen LogP) is 4.97. The molecule has 0 fully saturated rings. The van der Waals surface area contributed by atoms with E-state index in [1.165, 1.54) is 0 Å². The van der Waals surface area contributed by atoms with Crippen LogP contribution in [-0.4, -0.2) is 22.5 Å². The number of aromatic amines is 1. The van der Waals surface area contributed by atoms with Crippen molar-refractivity contribution in [3.05, 3.63) is 59.9 Å². The number of imidazole rings is 1. The monoisotopic (exact) mass is 379 g/mol. The van der Waals surface area contributed by atoms with Gasteiger partial charge in [0, 0.05) is 0 Å². The molecule has 3 aromatic rings. The highest BCUT2D eigenvalue weighted by Gasteiger charge is 2.22. The largest absolute Gasteiger partial charge is 0.483 e. The van der Waals surface area contributed by atoms with Gasteiger partial charge in [-0.3, -0.25) is 4.79 Å². The Kier molecular flexibility index (Phi) is 6.34. The van der Waals surface area contributed by atoms with Gasteiger partial charge in [-0.1, -0.05) is 58.0 Å². The van der Waals surface area contributed by atoms with Gasteiger partial charge in [-0.05, 0) is 42.0 Å². The van der Waals surface area contributed by atoms with Crippen molar-refractivity contribution in [1.82, 2.24) is 15.3 Å². The van der Waals surface area contributed by atoms with Crippen LogP contribution in [0.25, 0.3) is 11.0 Å². The smallest absolute Gasteiger partial charge is 0.258 e. The molecule has 5 heteroatoms. The van der Waals surface area contributed by atoms with E-state index in [-0.39, 0.29) is 24.5 Å². The van der Waals surface area contributed by atoms with E-state index in [0.29, 0.717) is 5.92 Å². The van der Waals surface area contributed by atoms with Crippen LogP contribution >= 0.6 is 0 Å². The second-order valence-corrected chi connectivity index (χ2v) is 7.56. The average molecular weight is 380 g/mol. The number of benzene rings is 2. The van der Waals surface area contributed by atoms with Crippen LogP contribution < -0.4 is 10.1 Å². The van der Waals surface area contributed by atoms with Crippen molar-refractivity contribution >= 4 is 16.9 Å². The minimum atomic E-state index is -0.201. The fraction of sp³-hybridized carbons (Fsp3) is 0.391. The molecule has 5 nitrogen and oxygen atoms in total. The van der Waals surface area contributed by atoms with E-state index in [1.807, 2.05) is 42.5 Å². The highest BCUT2D eigenvalue weighted by Crippen LogP contribution is 2.28. The summed E-state index contributed by atoms with van der Waals surface area (Å²) in [4.78, 5) is 20.6. The Hall–Kier alpha value is -2.82.